The molecule has 0 N–H and O–H groups in total. The van der Waals surface area contributed by atoms with E-state index in [1.807, 2.05) is 6.92 Å². The molecule has 0 fully saturated rings. The predicted octanol–water partition coefficient (Wildman–Crippen LogP) is 3.39. The third kappa shape index (κ3) is 3.16. The van der Waals surface area contributed by atoms with Crippen molar-refractivity contribution in [1.29, 1.82) is 0 Å². The highest BCUT2D eigenvalue weighted by Crippen LogP contribution is 2.13. The normalized spacial score (nSPS) is 10.8. The van der Waals surface area contributed by atoms with Crippen LogP contribution in [0.2, 0.25) is 0 Å². The first-order valence-electron chi connectivity index (χ1n) is 5.59. The molecule has 0 atom stereocenters. The van der Waals surface area contributed by atoms with E-state index in [2.05, 4.69) is 0 Å². The Labute approximate surface area is 109 Å². The van der Waals surface area contributed by atoms with Crippen LogP contribution in [0.3, 0.4) is 0 Å². The van der Waals surface area contributed by atoms with Crippen molar-refractivity contribution in [2.75, 3.05) is 0 Å². The fraction of sp³-hybridized carbons (Fsp3) is 0.0714. The molecule has 5 nitrogen and oxygen atoms in total. The monoisotopic (exact) mass is 257 g/mol. The SMILES string of the molecule is Cc1ccc(C=CC(=O)c2ccc([N+](=O)[O-])cc2)o1. The van der Waals surface area contributed by atoms with Crippen molar-refractivity contribution in [2.24, 2.45) is 0 Å². The Morgan fingerprint density at radius 2 is 1.89 bits per heavy atom. The van der Waals surface area contributed by atoms with E-state index in [0.717, 1.165) is 5.76 Å². The lowest BCUT2D eigenvalue weighted by molar-refractivity contribution is -0.384. The Morgan fingerprint density at radius 3 is 2.42 bits per heavy atom. The Kier molecular flexibility index (Phi) is 3.56. The van der Waals surface area contributed by atoms with E-state index in [0.29, 0.717) is 11.3 Å². The van der Waals surface area contributed by atoms with Crippen LogP contribution in [0.4, 0.5) is 5.69 Å². The van der Waals surface area contributed by atoms with Crippen molar-refractivity contribution >= 4 is 17.5 Å². The summed E-state index contributed by atoms with van der Waals surface area (Å²) in [6.07, 6.45) is 2.94. The van der Waals surface area contributed by atoms with Gasteiger partial charge in [0.15, 0.2) is 5.78 Å². The number of aryl methyl sites for hydroxylation is 1. The topological polar surface area (TPSA) is 73.3 Å². The van der Waals surface area contributed by atoms with Gasteiger partial charge in [0.1, 0.15) is 11.5 Å². The molecule has 0 unspecified atom stereocenters. The van der Waals surface area contributed by atoms with E-state index < -0.39 is 4.92 Å². The number of hydrogen-bond donors (Lipinski definition) is 0. The zero-order chi connectivity index (χ0) is 13.8. The molecule has 19 heavy (non-hydrogen) atoms. The van der Waals surface area contributed by atoms with Crippen molar-refractivity contribution < 1.29 is 14.1 Å². The lowest BCUT2D eigenvalue weighted by Crippen LogP contribution is -1.95. The van der Waals surface area contributed by atoms with Crippen LogP contribution in [-0.4, -0.2) is 10.7 Å². The van der Waals surface area contributed by atoms with E-state index >= 15 is 0 Å². The first-order chi connectivity index (χ1) is 9.06. The van der Waals surface area contributed by atoms with Crippen molar-refractivity contribution in [3.8, 4) is 0 Å². The number of ketones is 1. The van der Waals surface area contributed by atoms with Gasteiger partial charge in [-0.2, -0.15) is 0 Å². The molecule has 1 heterocycles. The maximum atomic E-state index is 11.8. The Hall–Kier alpha value is -2.69. The first-order valence-corrected chi connectivity index (χ1v) is 5.59. The lowest BCUT2D eigenvalue weighted by Gasteiger charge is -1.95. The van der Waals surface area contributed by atoms with Crippen LogP contribution in [0.15, 0.2) is 46.9 Å². The van der Waals surface area contributed by atoms with Gasteiger partial charge < -0.3 is 4.42 Å². The summed E-state index contributed by atoms with van der Waals surface area (Å²) in [4.78, 5) is 21.8. The van der Waals surface area contributed by atoms with Gasteiger partial charge in [-0.05, 0) is 43.3 Å². The fourth-order valence-corrected chi connectivity index (χ4v) is 1.54. The molecule has 1 aromatic carbocycles. The smallest absolute Gasteiger partial charge is 0.269 e. The molecule has 0 bridgehead atoms. The van der Waals surface area contributed by atoms with Crippen LogP contribution in [0.1, 0.15) is 21.9 Å². The van der Waals surface area contributed by atoms with E-state index in [1.165, 1.54) is 30.3 Å². The van der Waals surface area contributed by atoms with Crippen LogP contribution in [0.25, 0.3) is 6.08 Å². The number of carbonyl (C=O) groups is 1. The van der Waals surface area contributed by atoms with Gasteiger partial charge in [0.2, 0.25) is 0 Å². The van der Waals surface area contributed by atoms with Crippen LogP contribution < -0.4 is 0 Å². The van der Waals surface area contributed by atoms with E-state index in [4.69, 9.17) is 4.42 Å². The third-order valence-electron chi connectivity index (χ3n) is 2.52. The predicted molar refractivity (Wildman–Crippen MR) is 69.9 cm³/mol. The van der Waals surface area contributed by atoms with Gasteiger partial charge >= 0.3 is 0 Å². The minimum atomic E-state index is -0.504. The molecule has 0 saturated carbocycles. The van der Waals surface area contributed by atoms with Crippen molar-refractivity contribution in [3.05, 3.63) is 69.7 Å². The standard InChI is InChI=1S/C14H11NO4/c1-10-2-7-13(19-10)8-9-14(16)11-3-5-12(6-4-11)15(17)18/h2-9H,1H3. The second-order valence-electron chi connectivity index (χ2n) is 3.95. The van der Waals surface area contributed by atoms with Gasteiger partial charge in [-0.25, -0.2) is 0 Å². The molecular weight excluding hydrogens is 246 g/mol. The molecule has 2 rings (SSSR count). The van der Waals surface area contributed by atoms with Crippen LogP contribution in [0, 0.1) is 17.0 Å². The minimum Gasteiger partial charge on any atom is -0.462 e. The minimum absolute atomic E-state index is 0.0396. The number of allylic oxidation sites excluding steroid dienone is 1. The summed E-state index contributed by atoms with van der Waals surface area (Å²) < 4.78 is 5.29. The maximum Gasteiger partial charge on any atom is 0.269 e. The summed E-state index contributed by atoms with van der Waals surface area (Å²) in [5, 5.41) is 10.5. The molecule has 0 aliphatic carbocycles. The Bertz CT molecular complexity index is 638. The van der Waals surface area contributed by atoms with Gasteiger partial charge in [-0.15, -0.1) is 0 Å². The van der Waals surface area contributed by atoms with Crippen LogP contribution in [0.5, 0.6) is 0 Å². The molecule has 0 saturated heterocycles. The Morgan fingerprint density at radius 1 is 1.21 bits per heavy atom. The van der Waals surface area contributed by atoms with E-state index in [1.54, 1.807) is 18.2 Å². The first kappa shape index (κ1) is 12.8. The molecule has 2 aromatic rings. The summed E-state index contributed by atoms with van der Waals surface area (Å²) in [5.41, 5.74) is 0.354. The number of rotatable bonds is 4. The van der Waals surface area contributed by atoms with Gasteiger partial charge in [0.05, 0.1) is 4.92 Å². The number of nitrogens with zero attached hydrogens (tertiary/aromatic N) is 1. The molecule has 0 aliphatic heterocycles. The molecule has 0 radical (unpaired) electrons. The number of hydrogen-bond acceptors (Lipinski definition) is 4. The van der Waals surface area contributed by atoms with Crippen LogP contribution >= 0.6 is 0 Å². The average Bonchev–Trinajstić information content (AvgIpc) is 2.82. The second kappa shape index (κ2) is 5.30. The lowest BCUT2D eigenvalue weighted by atomic mass is 10.1. The van der Waals surface area contributed by atoms with E-state index in [9.17, 15) is 14.9 Å². The third-order valence-corrected chi connectivity index (χ3v) is 2.52. The molecule has 0 aliphatic rings. The van der Waals surface area contributed by atoms with Crippen molar-refractivity contribution in [3.63, 3.8) is 0 Å². The molecule has 1 aromatic heterocycles. The van der Waals surface area contributed by atoms with E-state index in [-0.39, 0.29) is 11.5 Å². The maximum absolute atomic E-state index is 11.8. The van der Waals surface area contributed by atoms with Crippen molar-refractivity contribution in [2.45, 2.75) is 6.92 Å². The quantitative estimate of drug-likeness (QED) is 0.364. The van der Waals surface area contributed by atoms with Crippen molar-refractivity contribution in [1.82, 2.24) is 0 Å². The number of non-ortho nitro benzene ring substituents is 1. The number of nitro groups is 1. The number of nitro benzene ring substituents is 1. The Balaban J connectivity index is 2.11. The summed E-state index contributed by atoms with van der Waals surface area (Å²) in [6, 6.07) is 9.03. The van der Waals surface area contributed by atoms with Gasteiger partial charge in [0, 0.05) is 17.7 Å². The highest BCUT2D eigenvalue weighted by atomic mass is 16.6. The van der Waals surface area contributed by atoms with Gasteiger partial charge in [-0.3, -0.25) is 14.9 Å². The molecule has 5 heteroatoms. The largest absolute Gasteiger partial charge is 0.462 e. The number of carbonyl (C=O) groups excluding carboxylic acids is 1. The zero-order valence-corrected chi connectivity index (χ0v) is 10.2. The average molecular weight is 257 g/mol. The number of benzene rings is 1. The molecular formula is C14H11NO4. The second-order valence-corrected chi connectivity index (χ2v) is 3.95. The summed E-state index contributed by atoms with van der Waals surface area (Å²) in [7, 11) is 0. The molecule has 0 amide bonds. The summed E-state index contributed by atoms with van der Waals surface area (Å²) in [5.74, 6) is 1.12. The zero-order valence-electron chi connectivity index (χ0n) is 10.2. The fourth-order valence-electron chi connectivity index (χ4n) is 1.54. The van der Waals surface area contributed by atoms with Gasteiger partial charge in [-0.1, -0.05) is 0 Å². The highest BCUT2D eigenvalue weighted by Gasteiger charge is 2.07. The highest BCUT2D eigenvalue weighted by molar-refractivity contribution is 6.06. The molecule has 96 valence electrons. The molecule has 0 spiro atoms. The van der Waals surface area contributed by atoms with Crippen LogP contribution in [-0.2, 0) is 0 Å². The summed E-state index contributed by atoms with van der Waals surface area (Å²) in [6.45, 7) is 1.81. The number of furan rings is 1. The summed E-state index contributed by atoms with van der Waals surface area (Å²) >= 11 is 0. The van der Waals surface area contributed by atoms with Gasteiger partial charge in [0.25, 0.3) is 5.69 Å².